The predicted molar refractivity (Wildman–Crippen MR) is 55.5 cm³/mol. The molecular formula is C10H10N4O. The fourth-order valence-electron chi connectivity index (χ4n) is 1.16. The molecule has 15 heavy (non-hydrogen) atoms. The van der Waals surface area contributed by atoms with Crippen LogP contribution in [0, 0.1) is 6.92 Å². The standard InChI is InChI=1S/C10H10N4O/c1-7-12-6-8(13-7)10(15)14-9-4-2-3-5-11-9/h2-6H,1H3,(H,12,13)(H,11,14,15). The van der Waals surface area contributed by atoms with Gasteiger partial charge in [0.25, 0.3) is 5.91 Å². The van der Waals surface area contributed by atoms with Crippen LogP contribution in [0.4, 0.5) is 5.82 Å². The average Bonchev–Trinajstić information content (AvgIpc) is 2.66. The van der Waals surface area contributed by atoms with Gasteiger partial charge < -0.3 is 10.3 Å². The molecule has 2 heterocycles. The van der Waals surface area contributed by atoms with Gasteiger partial charge in [-0.25, -0.2) is 9.97 Å². The van der Waals surface area contributed by atoms with Gasteiger partial charge in [0.1, 0.15) is 17.3 Å². The molecule has 0 spiro atoms. The Hall–Kier alpha value is -2.17. The summed E-state index contributed by atoms with van der Waals surface area (Å²) in [5.41, 5.74) is 0.429. The first kappa shape index (κ1) is 9.39. The van der Waals surface area contributed by atoms with E-state index in [2.05, 4.69) is 20.3 Å². The third-order valence-corrected chi connectivity index (χ3v) is 1.85. The molecule has 2 aromatic rings. The average molecular weight is 202 g/mol. The Balaban J connectivity index is 2.11. The first-order valence-corrected chi connectivity index (χ1v) is 4.50. The highest BCUT2D eigenvalue weighted by Crippen LogP contribution is 2.03. The summed E-state index contributed by atoms with van der Waals surface area (Å²) in [6.07, 6.45) is 3.11. The van der Waals surface area contributed by atoms with Crippen molar-refractivity contribution < 1.29 is 4.79 Å². The summed E-state index contributed by atoms with van der Waals surface area (Å²) < 4.78 is 0. The lowest BCUT2D eigenvalue weighted by Gasteiger charge is -2.00. The van der Waals surface area contributed by atoms with Crippen LogP contribution >= 0.6 is 0 Å². The van der Waals surface area contributed by atoms with Gasteiger partial charge in [0, 0.05) is 6.20 Å². The molecule has 5 heteroatoms. The Kier molecular flexibility index (Phi) is 2.45. The maximum absolute atomic E-state index is 11.6. The summed E-state index contributed by atoms with van der Waals surface area (Å²) in [5, 5.41) is 2.65. The highest BCUT2D eigenvalue weighted by atomic mass is 16.1. The number of pyridine rings is 1. The van der Waals surface area contributed by atoms with E-state index in [1.165, 1.54) is 6.20 Å². The molecule has 0 unspecified atom stereocenters. The van der Waals surface area contributed by atoms with Crippen LogP contribution in [0.3, 0.4) is 0 Å². The van der Waals surface area contributed by atoms with Crippen molar-refractivity contribution in [2.24, 2.45) is 0 Å². The molecule has 0 saturated heterocycles. The van der Waals surface area contributed by atoms with E-state index in [-0.39, 0.29) is 5.91 Å². The second kappa shape index (κ2) is 3.91. The number of carbonyl (C=O) groups excluding carboxylic acids is 1. The number of hydrogen-bond acceptors (Lipinski definition) is 3. The normalized spacial score (nSPS) is 9.93. The second-order valence-electron chi connectivity index (χ2n) is 3.05. The molecule has 0 bridgehead atoms. The van der Waals surface area contributed by atoms with Crippen LogP contribution in [-0.4, -0.2) is 20.9 Å². The third-order valence-electron chi connectivity index (χ3n) is 1.85. The van der Waals surface area contributed by atoms with E-state index in [0.717, 1.165) is 0 Å². The van der Waals surface area contributed by atoms with Gasteiger partial charge in [-0.2, -0.15) is 0 Å². The predicted octanol–water partition coefficient (Wildman–Crippen LogP) is 1.37. The molecule has 2 N–H and O–H groups in total. The summed E-state index contributed by atoms with van der Waals surface area (Å²) in [5.74, 6) is 0.991. The summed E-state index contributed by atoms with van der Waals surface area (Å²) in [7, 11) is 0. The molecule has 76 valence electrons. The topological polar surface area (TPSA) is 70.7 Å². The number of imidazole rings is 1. The molecule has 0 aliphatic heterocycles. The van der Waals surface area contributed by atoms with Crippen molar-refractivity contribution in [2.75, 3.05) is 5.32 Å². The third kappa shape index (κ3) is 2.19. The molecule has 5 nitrogen and oxygen atoms in total. The zero-order valence-corrected chi connectivity index (χ0v) is 8.19. The Morgan fingerprint density at radius 3 is 2.87 bits per heavy atom. The van der Waals surface area contributed by atoms with Crippen LogP contribution in [0.2, 0.25) is 0 Å². The maximum Gasteiger partial charge on any atom is 0.274 e. The Morgan fingerprint density at radius 2 is 2.27 bits per heavy atom. The van der Waals surface area contributed by atoms with Gasteiger partial charge in [0.15, 0.2) is 0 Å². The van der Waals surface area contributed by atoms with Crippen LogP contribution in [0.5, 0.6) is 0 Å². The first-order chi connectivity index (χ1) is 7.25. The fourth-order valence-corrected chi connectivity index (χ4v) is 1.16. The largest absolute Gasteiger partial charge is 0.338 e. The van der Waals surface area contributed by atoms with E-state index < -0.39 is 0 Å². The van der Waals surface area contributed by atoms with Gasteiger partial charge in [-0.05, 0) is 19.1 Å². The van der Waals surface area contributed by atoms with Crippen LogP contribution in [0.25, 0.3) is 0 Å². The second-order valence-corrected chi connectivity index (χ2v) is 3.05. The number of aryl methyl sites for hydroxylation is 1. The minimum Gasteiger partial charge on any atom is -0.338 e. The minimum atomic E-state index is -0.241. The number of hydrogen-bond donors (Lipinski definition) is 2. The van der Waals surface area contributed by atoms with Gasteiger partial charge in [0.2, 0.25) is 0 Å². The summed E-state index contributed by atoms with van der Waals surface area (Å²) in [4.78, 5) is 22.4. The molecular weight excluding hydrogens is 192 g/mol. The van der Waals surface area contributed by atoms with E-state index in [9.17, 15) is 4.79 Å². The fraction of sp³-hybridized carbons (Fsp3) is 0.100. The minimum absolute atomic E-state index is 0.241. The van der Waals surface area contributed by atoms with Gasteiger partial charge in [-0.1, -0.05) is 6.07 Å². The molecule has 0 aliphatic carbocycles. The zero-order chi connectivity index (χ0) is 10.7. The SMILES string of the molecule is Cc1ncc(C(=O)Nc2ccccn2)[nH]1. The lowest BCUT2D eigenvalue weighted by atomic mass is 10.4. The van der Waals surface area contributed by atoms with Gasteiger partial charge in [-0.15, -0.1) is 0 Å². The van der Waals surface area contributed by atoms with Crippen LogP contribution in [-0.2, 0) is 0 Å². The number of rotatable bonds is 2. The zero-order valence-electron chi connectivity index (χ0n) is 8.19. The number of amides is 1. The summed E-state index contributed by atoms with van der Waals surface area (Å²) in [6.45, 7) is 1.79. The molecule has 0 aromatic carbocycles. The number of aromatic nitrogens is 3. The van der Waals surface area contributed by atoms with E-state index in [1.807, 2.05) is 0 Å². The Morgan fingerprint density at radius 1 is 1.40 bits per heavy atom. The number of H-pyrrole nitrogens is 1. The summed E-state index contributed by atoms with van der Waals surface area (Å²) in [6, 6.07) is 5.32. The molecule has 0 fully saturated rings. The van der Waals surface area contributed by atoms with Crippen LogP contribution < -0.4 is 5.32 Å². The van der Waals surface area contributed by atoms with Gasteiger partial charge in [0.05, 0.1) is 6.20 Å². The van der Waals surface area contributed by atoms with Crippen molar-refractivity contribution in [1.82, 2.24) is 15.0 Å². The maximum atomic E-state index is 11.6. The van der Waals surface area contributed by atoms with Gasteiger partial charge >= 0.3 is 0 Å². The molecule has 0 saturated carbocycles. The molecule has 0 radical (unpaired) electrons. The van der Waals surface area contributed by atoms with E-state index in [0.29, 0.717) is 17.3 Å². The summed E-state index contributed by atoms with van der Waals surface area (Å²) >= 11 is 0. The van der Waals surface area contributed by atoms with Crippen molar-refractivity contribution in [2.45, 2.75) is 6.92 Å². The Labute approximate surface area is 86.6 Å². The molecule has 2 aromatic heterocycles. The molecule has 2 rings (SSSR count). The van der Waals surface area contributed by atoms with Gasteiger partial charge in [-0.3, -0.25) is 4.79 Å². The quantitative estimate of drug-likeness (QED) is 0.772. The molecule has 0 aliphatic rings. The van der Waals surface area contributed by atoms with Crippen molar-refractivity contribution >= 4 is 11.7 Å². The van der Waals surface area contributed by atoms with Crippen LogP contribution in [0.1, 0.15) is 16.3 Å². The Bertz CT molecular complexity index is 463. The lowest BCUT2D eigenvalue weighted by Crippen LogP contribution is -2.13. The number of nitrogens with one attached hydrogen (secondary N) is 2. The number of nitrogens with zero attached hydrogens (tertiary/aromatic N) is 2. The van der Waals surface area contributed by atoms with E-state index in [1.54, 1.807) is 31.3 Å². The van der Waals surface area contributed by atoms with Crippen molar-refractivity contribution in [1.29, 1.82) is 0 Å². The number of aromatic amines is 1. The molecule has 0 atom stereocenters. The highest BCUT2D eigenvalue weighted by Gasteiger charge is 2.08. The molecule has 1 amide bonds. The monoisotopic (exact) mass is 202 g/mol. The van der Waals surface area contributed by atoms with Crippen molar-refractivity contribution in [3.8, 4) is 0 Å². The number of carbonyl (C=O) groups is 1. The lowest BCUT2D eigenvalue weighted by molar-refractivity contribution is 0.102. The van der Waals surface area contributed by atoms with E-state index in [4.69, 9.17) is 0 Å². The smallest absolute Gasteiger partial charge is 0.274 e. The van der Waals surface area contributed by atoms with Crippen molar-refractivity contribution in [3.63, 3.8) is 0 Å². The van der Waals surface area contributed by atoms with Crippen LogP contribution in [0.15, 0.2) is 30.6 Å². The van der Waals surface area contributed by atoms with Crippen molar-refractivity contribution in [3.05, 3.63) is 42.1 Å². The number of anilines is 1. The highest BCUT2D eigenvalue weighted by molar-refractivity contribution is 6.02. The van der Waals surface area contributed by atoms with E-state index >= 15 is 0 Å². The first-order valence-electron chi connectivity index (χ1n) is 4.50.